The smallest absolute Gasteiger partial charge is 0.244 e. The average Bonchev–Trinajstić information content (AvgIpc) is 2.43. The van der Waals surface area contributed by atoms with E-state index in [4.69, 9.17) is 5.11 Å². The van der Waals surface area contributed by atoms with Crippen molar-refractivity contribution in [1.82, 2.24) is 4.31 Å². The van der Waals surface area contributed by atoms with Crippen LogP contribution in [0, 0.1) is 0 Å². The summed E-state index contributed by atoms with van der Waals surface area (Å²) in [6.45, 7) is 0.611. The summed E-state index contributed by atoms with van der Waals surface area (Å²) in [5.74, 6) is 0. The van der Waals surface area contributed by atoms with Crippen molar-refractivity contribution in [3.63, 3.8) is 0 Å². The Kier molecular flexibility index (Phi) is 6.27. The van der Waals surface area contributed by atoms with Crippen molar-refractivity contribution in [3.05, 3.63) is 24.3 Å². The predicted octanol–water partition coefficient (Wildman–Crippen LogP) is 1.51. The molecule has 1 rings (SSSR count). The fraction of sp³-hybridized carbons (Fsp3) is 0.538. The molecule has 0 amide bonds. The van der Waals surface area contributed by atoms with Gasteiger partial charge in [-0.1, -0.05) is 12.1 Å². The number of nitrogens with zero attached hydrogens (tertiary/aromatic N) is 1. The van der Waals surface area contributed by atoms with Crippen LogP contribution >= 0.6 is 0 Å². The van der Waals surface area contributed by atoms with E-state index in [9.17, 15) is 8.42 Å². The summed E-state index contributed by atoms with van der Waals surface area (Å²) in [5, 5.41) is 11.6. The van der Waals surface area contributed by atoms with Gasteiger partial charge in [0.1, 0.15) is 4.90 Å². The molecule has 0 aliphatic carbocycles. The SMILES string of the molecule is CNc1ccccc1S(=O)(=O)N(C)CCCCCO. The molecule has 0 unspecified atom stereocenters. The van der Waals surface area contributed by atoms with E-state index in [1.54, 1.807) is 38.4 Å². The molecule has 0 aliphatic heterocycles. The molecule has 0 fully saturated rings. The summed E-state index contributed by atoms with van der Waals surface area (Å²) < 4.78 is 26.2. The number of nitrogens with one attached hydrogen (secondary N) is 1. The van der Waals surface area contributed by atoms with E-state index >= 15 is 0 Å². The fourth-order valence-electron chi connectivity index (χ4n) is 1.81. The van der Waals surface area contributed by atoms with Gasteiger partial charge in [-0.15, -0.1) is 0 Å². The third kappa shape index (κ3) is 4.19. The van der Waals surface area contributed by atoms with Crippen LogP contribution in [0.15, 0.2) is 29.2 Å². The molecular weight excluding hydrogens is 264 g/mol. The van der Waals surface area contributed by atoms with Crippen LogP contribution in [0.25, 0.3) is 0 Å². The van der Waals surface area contributed by atoms with Gasteiger partial charge in [0.25, 0.3) is 0 Å². The van der Waals surface area contributed by atoms with E-state index in [1.807, 2.05) is 0 Å². The maximum Gasteiger partial charge on any atom is 0.244 e. The second-order valence-corrected chi connectivity index (χ2v) is 6.37. The van der Waals surface area contributed by atoms with Crippen LogP contribution in [-0.2, 0) is 10.0 Å². The lowest BCUT2D eigenvalue weighted by Gasteiger charge is -2.19. The van der Waals surface area contributed by atoms with E-state index in [1.165, 1.54) is 4.31 Å². The van der Waals surface area contributed by atoms with Gasteiger partial charge in [0, 0.05) is 27.2 Å². The summed E-state index contributed by atoms with van der Waals surface area (Å²) in [6, 6.07) is 6.86. The molecule has 2 N–H and O–H groups in total. The number of hydrogen-bond donors (Lipinski definition) is 2. The second-order valence-electron chi connectivity index (χ2n) is 4.36. The largest absolute Gasteiger partial charge is 0.396 e. The average molecular weight is 286 g/mol. The Morgan fingerprint density at radius 2 is 1.89 bits per heavy atom. The molecule has 1 aromatic carbocycles. The van der Waals surface area contributed by atoms with Crippen LogP contribution in [0.4, 0.5) is 5.69 Å². The lowest BCUT2D eigenvalue weighted by molar-refractivity contribution is 0.281. The normalized spacial score (nSPS) is 11.8. The number of unbranched alkanes of at least 4 members (excludes halogenated alkanes) is 2. The highest BCUT2D eigenvalue weighted by molar-refractivity contribution is 7.89. The zero-order chi connectivity index (χ0) is 14.3. The van der Waals surface area contributed by atoms with E-state index in [-0.39, 0.29) is 6.61 Å². The number of sulfonamides is 1. The number of anilines is 1. The maximum atomic E-state index is 12.4. The van der Waals surface area contributed by atoms with Crippen molar-refractivity contribution < 1.29 is 13.5 Å². The van der Waals surface area contributed by atoms with Gasteiger partial charge in [-0.3, -0.25) is 0 Å². The molecule has 1 aromatic rings. The van der Waals surface area contributed by atoms with E-state index < -0.39 is 10.0 Å². The number of benzene rings is 1. The zero-order valence-electron chi connectivity index (χ0n) is 11.5. The molecule has 0 aromatic heterocycles. The number of aliphatic hydroxyl groups excluding tert-OH is 1. The summed E-state index contributed by atoms with van der Waals surface area (Å²) >= 11 is 0. The van der Waals surface area contributed by atoms with Crippen LogP contribution in [0.2, 0.25) is 0 Å². The summed E-state index contributed by atoms with van der Waals surface area (Å²) in [5.41, 5.74) is 0.602. The topological polar surface area (TPSA) is 69.6 Å². The second kappa shape index (κ2) is 7.47. The molecule has 0 saturated heterocycles. The monoisotopic (exact) mass is 286 g/mol. The van der Waals surface area contributed by atoms with Crippen LogP contribution in [0.5, 0.6) is 0 Å². The highest BCUT2D eigenvalue weighted by Crippen LogP contribution is 2.23. The van der Waals surface area contributed by atoms with E-state index in [2.05, 4.69) is 5.32 Å². The van der Waals surface area contributed by atoms with E-state index in [0.717, 1.165) is 12.8 Å². The zero-order valence-corrected chi connectivity index (χ0v) is 12.3. The van der Waals surface area contributed by atoms with Gasteiger partial charge in [-0.2, -0.15) is 0 Å². The van der Waals surface area contributed by atoms with Crippen LogP contribution in [-0.4, -0.2) is 45.1 Å². The molecule has 0 saturated carbocycles. The van der Waals surface area contributed by atoms with Gasteiger partial charge >= 0.3 is 0 Å². The summed E-state index contributed by atoms with van der Waals surface area (Å²) in [7, 11) is -0.173. The molecule has 108 valence electrons. The minimum atomic E-state index is -3.46. The molecular formula is C13H22N2O3S. The molecule has 0 aliphatic rings. The van der Waals surface area contributed by atoms with Crippen molar-refractivity contribution in [1.29, 1.82) is 0 Å². The highest BCUT2D eigenvalue weighted by atomic mass is 32.2. The maximum absolute atomic E-state index is 12.4. The number of aliphatic hydroxyl groups is 1. The Bertz CT molecular complexity index is 488. The number of para-hydroxylation sites is 1. The molecule has 0 bridgehead atoms. The lowest BCUT2D eigenvalue weighted by Crippen LogP contribution is -2.28. The highest BCUT2D eigenvalue weighted by Gasteiger charge is 2.22. The van der Waals surface area contributed by atoms with Gasteiger partial charge in [-0.05, 0) is 31.4 Å². The van der Waals surface area contributed by atoms with E-state index in [0.29, 0.717) is 23.5 Å². The van der Waals surface area contributed by atoms with Crippen LogP contribution in [0.3, 0.4) is 0 Å². The number of hydrogen-bond acceptors (Lipinski definition) is 4. The Morgan fingerprint density at radius 1 is 1.21 bits per heavy atom. The molecule has 19 heavy (non-hydrogen) atoms. The summed E-state index contributed by atoms with van der Waals surface area (Å²) in [4.78, 5) is 0.294. The Hall–Kier alpha value is -1.11. The molecule has 0 atom stereocenters. The van der Waals surface area contributed by atoms with Crippen molar-refractivity contribution in [2.24, 2.45) is 0 Å². The van der Waals surface area contributed by atoms with Crippen LogP contribution < -0.4 is 5.32 Å². The Morgan fingerprint density at radius 3 is 2.53 bits per heavy atom. The summed E-state index contributed by atoms with van der Waals surface area (Å²) in [6.07, 6.45) is 2.28. The van der Waals surface area contributed by atoms with Gasteiger partial charge < -0.3 is 10.4 Å². The fourth-order valence-corrected chi connectivity index (χ4v) is 3.21. The van der Waals surface area contributed by atoms with Crippen molar-refractivity contribution in [2.45, 2.75) is 24.2 Å². The Balaban J connectivity index is 2.79. The molecule has 0 heterocycles. The van der Waals surface area contributed by atoms with Gasteiger partial charge in [-0.25, -0.2) is 12.7 Å². The predicted molar refractivity (Wildman–Crippen MR) is 76.7 cm³/mol. The van der Waals surface area contributed by atoms with Crippen LogP contribution in [0.1, 0.15) is 19.3 Å². The first-order chi connectivity index (χ1) is 9.04. The minimum Gasteiger partial charge on any atom is -0.396 e. The van der Waals surface area contributed by atoms with Gasteiger partial charge in [0.2, 0.25) is 10.0 Å². The van der Waals surface area contributed by atoms with Crippen molar-refractivity contribution in [3.8, 4) is 0 Å². The standard InChI is InChI=1S/C13H22N2O3S/c1-14-12-8-4-5-9-13(12)19(17,18)15(2)10-6-3-7-11-16/h4-5,8-9,14,16H,3,6-7,10-11H2,1-2H3. The lowest BCUT2D eigenvalue weighted by atomic mass is 10.2. The molecule has 0 radical (unpaired) electrons. The third-order valence-corrected chi connectivity index (χ3v) is 4.89. The number of rotatable bonds is 8. The first-order valence-electron chi connectivity index (χ1n) is 6.38. The third-order valence-electron chi connectivity index (χ3n) is 2.98. The van der Waals surface area contributed by atoms with Gasteiger partial charge in [0.15, 0.2) is 0 Å². The molecule has 5 nitrogen and oxygen atoms in total. The van der Waals surface area contributed by atoms with Crippen molar-refractivity contribution in [2.75, 3.05) is 32.6 Å². The molecule has 6 heteroatoms. The quantitative estimate of drug-likeness (QED) is 0.711. The first-order valence-corrected chi connectivity index (χ1v) is 7.82. The van der Waals surface area contributed by atoms with Gasteiger partial charge in [0.05, 0.1) is 5.69 Å². The Labute approximate surface area is 115 Å². The molecule has 0 spiro atoms. The first kappa shape index (κ1) is 15.9. The van der Waals surface area contributed by atoms with Crippen molar-refractivity contribution >= 4 is 15.7 Å². The minimum absolute atomic E-state index is 0.152.